The lowest BCUT2D eigenvalue weighted by Crippen LogP contribution is -2.51. The highest BCUT2D eigenvalue weighted by Crippen LogP contribution is 2.57. The monoisotopic (exact) mass is 1620 g/mol. The standard InChI is InChI=1S/C28H25N3.C23H23N3.C22H15N3.C20H13N3.C18H12N2/c1-27(2)19-11-10-17-14-29-13-12-18-15-30-22(16-8-6-5-7-9-16)25(28(27,3)4)31-23(19)20(17)24(29)21(18)26(30)31;1-12-20-23(4,5)22(2,3)15-7-6-13-10-24-9-8-14-11-25(12)21-17(14)19(24)16(13)18(15)26(20)21;1-2-5-14(6-3-1)18-13-24-12-16-9-10-23-11-15-7-4-8-17-19(15)21(23)20(16)22(24)25(17)18;1-2-6-15-14(5-1)22-11-13-8-9-21-10-12-4-3-7-16-17(12)19(21)18(13)20(22)23(15)16;1-3-11-9-20-8-6-12-10-19-7-2-5-14-13(4-1)15(11)18(20)16(12)17(14)19/h5-13H,14-15H2,1-4H3;6-9H,10-11H2,1-5H3;1-10,13H,11-12H2;1-9H,10-11H2;1-8H,9-10H2/q5*+2. The summed E-state index contributed by atoms with van der Waals surface area (Å²) in [6.45, 7) is 31.8. The normalized spacial score (nSPS) is 16.6. The van der Waals surface area contributed by atoms with Crippen molar-refractivity contribution in [2.75, 3.05) is 0 Å². The van der Waals surface area contributed by atoms with Gasteiger partial charge in [-0.1, -0.05) is 195 Å². The molecule has 0 saturated heterocycles. The van der Waals surface area contributed by atoms with Crippen LogP contribution < -0.4 is 45.5 Å². The third kappa shape index (κ3) is 7.59. The molecule has 14 heteroatoms. The largest absolute Gasteiger partial charge is 0.302 e. The molecule has 0 radical (unpaired) electrons. The first-order chi connectivity index (χ1) is 61.0. The van der Waals surface area contributed by atoms with E-state index >= 15 is 0 Å². The Morgan fingerprint density at radius 2 is 0.752 bits per heavy atom. The van der Waals surface area contributed by atoms with Crippen molar-refractivity contribution in [1.82, 2.24) is 17.8 Å². The summed E-state index contributed by atoms with van der Waals surface area (Å²) in [7, 11) is 0. The van der Waals surface area contributed by atoms with Gasteiger partial charge in [-0.3, -0.25) is 0 Å². The predicted octanol–water partition coefficient (Wildman–Crippen LogP) is 16.6. The number of hydrogen-bond donors (Lipinski definition) is 0. The summed E-state index contributed by atoms with van der Waals surface area (Å²) in [6, 6.07) is 76.5. The van der Waals surface area contributed by atoms with Gasteiger partial charge in [-0.25, -0.2) is 18.3 Å². The van der Waals surface area contributed by atoms with Gasteiger partial charge < -0.3 is 0 Å². The van der Waals surface area contributed by atoms with Crippen molar-refractivity contribution in [3.05, 3.63) is 333 Å². The second-order valence-electron chi connectivity index (χ2n) is 40.2. The minimum absolute atomic E-state index is 0.0161. The molecule has 0 saturated carbocycles. The molecular weight excluding hydrogens is 1530 g/mol. The van der Waals surface area contributed by atoms with E-state index < -0.39 is 0 Å². The summed E-state index contributed by atoms with van der Waals surface area (Å²) in [4.78, 5) is 0. The quantitative estimate of drug-likeness (QED) is 0.122. The lowest BCUT2D eigenvalue weighted by Gasteiger charge is -2.43. The molecule has 12 aliphatic rings. The summed E-state index contributed by atoms with van der Waals surface area (Å²) in [5, 5.41) is 17.4. The predicted molar refractivity (Wildman–Crippen MR) is 487 cm³/mol. The molecule has 14 aromatic heterocycles. The number of nitrogens with zero attached hydrogens (tertiary/aromatic N) is 14. The van der Waals surface area contributed by atoms with Crippen LogP contribution in [-0.2, 0) is 87.1 Å². The molecule has 26 heterocycles. The molecular formula is C111H88N14+10. The molecule has 23 aromatic rings. The van der Waals surface area contributed by atoms with Crippen LogP contribution in [-0.4, -0.2) is 17.8 Å². The zero-order valence-electron chi connectivity index (χ0n) is 71.5. The third-order valence-electron chi connectivity index (χ3n) is 33.7. The highest BCUT2D eigenvalue weighted by atomic mass is 15.2. The Morgan fingerprint density at radius 3 is 1.42 bits per heavy atom. The molecule has 592 valence electrons. The van der Waals surface area contributed by atoms with Gasteiger partial charge in [-0.2, -0.15) is 45.0 Å². The number of pyridine rings is 10. The molecule has 0 fully saturated rings. The average Bonchev–Trinajstić information content (AvgIpc) is 1.50. The van der Waals surface area contributed by atoms with Gasteiger partial charge in [0.2, 0.25) is 33.1 Å². The summed E-state index contributed by atoms with van der Waals surface area (Å²) >= 11 is 0. The molecule has 0 N–H and O–H groups in total. The molecule has 35 rings (SSSR count). The summed E-state index contributed by atoms with van der Waals surface area (Å²) in [5.41, 5.74) is 49.8. The van der Waals surface area contributed by atoms with E-state index in [0.717, 1.165) is 65.4 Å². The van der Waals surface area contributed by atoms with E-state index in [-0.39, 0.29) is 21.7 Å². The fourth-order valence-corrected chi connectivity index (χ4v) is 27.0. The Kier molecular flexibility index (Phi) is 11.8. The molecule has 0 unspecified atom stereocenters. The van der Waals surface area contributed by atoms with Crippen molar-refractivity contribution in [3.8, 4) is 22.5 Å². The van der Waals surface area contributed by atoms with Crippen LogP contribution >= 0.6 is 0 Å². The van der Waals surface area contributed by atoms with Gasteiger partial charge in [0.15, 0.2) is 121 Å². The maximum atomic E-state index is 2.66. The van der Waals surface area contributed by atoms with Crippen molar-refractivity contribution in [1.29, 1.82) is 0 Å². The molecule has 0 amide bonds. The highest BCUT2D eigenvalue weighted by molar-refractivity contribution is 6.24. The van der Waals surface area contributed by atoms with Crippen LogP contribution in [0.25, 0.3) is 176 Å². The van der Waals surface area contributed by atoms with Gasteiger partial charge in [0.25, 0.3) is 0 Å². The fraction of sp³-hybridized carbons (Fsp3) is 0.207. The molecule has 0 spiro atoms. The average molecular weight is 1620 g/mol. The van der Waals surface area contributed by atoms with E-state index in [1.54, 1.807) is 0 Å². The van der Waals surface area contributed by atoms with Crippen LogP contribution in [0.2, 0.25) is 0 Å². The van der Waals surface area contributed by atoms with Crippen molar-refractivity contribution in [2.24, 2.45) is 0 Å². The third-order valence-corrected chi connectivity index (χ3v) is 33.7. The Balaban J connectivity index is 0.0000000756. The zero-order chi connectivity index (χ0) is 82.3. The first-order valence-corrected chi connectivity index (χ1v) is 45.2. The second kappa shape index (κ2) is 21.9. The first-order valence-electron chi connectivity index (χ1n) is 45.2. The lowest BCUT2D eigenvalue weighted by atomic mass is 9.60. The van der Waals surface area contributed by atoms with Gasteiger partial charge >= 0.3 is 22.6 Å². The molecule has 0 bridgehead atoms. The number of hydrogen-bond acceptors (Lipinski definition) is 0. The number of fused-ring (bicyclic) bond motifs is 6. The number of rotatable bonds is 2. The number of aromatic nitrogens is 14. The van der Waals surface area contributed by atoms with Gasteiger partial charge in [0.05, 0.1) is 10.8 Å². The van der Waals surface area contributed by atoms with Gasteiger partial charge in [-0.15, -0.1) is 0 Å². The van der Waals surface area contributed by atoms with E-state index in [1.807, 2.05) is 0 Å². The molecule has 0 atom stereocenters. The minimum atomic E-state index is -0.0161. The minimum Gasteiger partial charge on any atom is -0.224 e. The van der Waals surface area contributed by atoms with Crippen LogP contribution in [0, 0.1) is 6.92 Å². The van der Waals surface area contributed by atoms with Crippen LogP contribution in [0.1, 0.15) is 139 Å². The highest BCUT2D eigenvalue weighted by Gasteiger charge is 2.58. The van der Waals surface area contributed by atoms with Crippen LogP contribution in [0.4, 0.5) is 0 Å². The molecule has 0 aliphatic carbocycles. The summed E-state index contributed by atoms with van der Waals surface area (Å²) < 4.78 is 34.9. The lowest BCUT2D eigenvalue weighted by molar-refractivity contribution is -0.658. The second-order valence-corrected chi connectivity index (χ2v) is 40.2. The van der Waals surface area contributed by atoms with Crippen molar-refractivity contribution in [2.45, 2.75) is 149 Å². The Labute approximate surface area is 717 Å². The SMILES string of the molecule is CC1(C)c2ccc3c4c2n2c(c(-c5ccccc5)[n+]5c2c2c(cc[n+](c42)C3)C5)C1(C)C.Cc1c2[n+]3c4c(ccc5c4c4c6c(cc[n+]4C5)Cn1c63)C(C)(C)C2(C)C.c1cc2c3c(c1)c1ccc[n+]4c1c1c(cc[n+](c31)C2)C4.c1cc2c3c(c1)n1c4ccccc4[n+]4c1c1c(cc[n+](c31)C2)C4.c1ccc(-c2c[n+]3c4c5c(cc[n+]6c5c5c(cccc5n24)C6)C3)cc1. The molecule has 125 heavy (non-hydrogen) atoms. The Hall–Kier alpha value is -14.2. The first kappa shape index (κ1) is 67.3. The zero-order valence-corrected chi connectivity index (χ0v) is 71.5. The smallest absolute Gasteiger partial charge is 0.224 e. The number of benzene rings is 9. The number of para-hydroxylation sites is 2. The van der Waals surface area contributed by atoms with Gasteiger partial charge in [0.1, 0.15) is 97.6 Å². The van der Waals surface area contributed by atoms with E-state index in [1.165, 1.54) is 260 Å². The molecule has 9 aromatic carbocycles. The van der Waals surface area contributed by atoms with Crippen LogP contribution in [0.3, 0.4) is 0 Å². The van der Waals surface area contributed by atoms with Gasteiger partial charge in [0, 0.05) is 148 Å². The van der Waals surface area contributed by atoms with E-state index in [2.05, 4.69) is 375 Å². The van der Waals surface area contributed by atoms with Crippen LogP contribution in [0.15, 0.2) is 250 Å². The maximum Gasteiger partial charge on any atom is 0.302 e. The summed E-state index contributed by atoms with van der Waals surface area (Å²) in [6.07, 6.45) is 15.9. The van der Waals surface area contributed by atoms with E-state index in [9.17, 15) is 0 Å². The Bertz CT molecular complexity index is 9280. The van der Waals surface area contributed by atoms with Crippen molar-refractivity contribution >= 4 is 153 Å². The van der Waals surface area contributed by atoms with Gasteiger partial charge in [-0.05, 0) is 30.3 Å². The van der Waals surface area contributed by atoms with E-state index in [4.69, 9.17) is 0 Å². The molecule has 12 aliphatic heterocycles. The van der Waals surface area contributed by atoms with Crippen LogP contribution in [0.5, 0.6) is 0 Å². The maximum absolute atomic E-state index is 2.66. The van der Waals surface area contributed by atoms with Crippen molar-refractivity contribution in [3.63, 3.8) is 0 Å². The fourth-order valence-electron chi connectivity index (χ4n) is 27.0. The van der Waals surface area contributed by atoms with E-state index in [0.29, 0.717) is 0 Å². The topological polar surface area (TPSA) is 57.2 Å². The molecule has 14 nitrogen and oxygen atoms in total. The summed E-state index contributed by atoms with van der Waals surface area (Å²) in [5.74, 6) is 0. The number of imidazole rings is 4. The van der Waals surface area contributed by atoms with Crippen molar-refractivity contribution < 1.29 is 45.5 Å². The Morgan fingerprint density at radius 1 is 0.288 bits per heavy atom.